The van der Waals surface area contributed by atoms with Crippen LogP contribution in [0.1, 0.15) is 78.4 Å². The zero-order valence-electron chi connectivity index (χ0n) is 21.5. The van der Waals surface area contributed by atoms with Crippen LogP contribution in [0.3, 0.4) is 0 Å². The molecular formula is C28H42N2O2S. The lowest BCUT2D eigenvalue weighted by Crippen LogP contribution is -2.29. The molecule has 0 aromatic heterocycles. The average molecular weight is 471 g/mol. The molecule has 0 unspecified atom stereocenters. The Morgan fingerprint density at radius 1 is 0.939 bits per heavy atom. The van der Waals surface area contributed by atoms with Crippen LogP contribution in [0.4, 0.5) is 5.69 Å². The SMILES string of the molecule is CCC(C)(C)c1ccc(OCCCCNC(=S)Nc2cccc(OC)c2)c(C(C)(C)CC)c1. The number of unbranched alkanes of at least 4 members (excludes halogenated alkanes) is 1. The van der Waals surface area contributed by atoms with Gasteiger partial charge in [-0.15, -0.1) is 0 Å². The van der Waals surface area contributed by atoms with Gasteiger partial charge in [0.05, 0.1) is 13.7 Å². The molecule has 33 heavy (non-hydrogen) atoms. The van der Waals surface area contributed by atoms with Crippen molar-refractivity contribution in [1.82, 2.24) is 5.32 Å². The summed E-state index contributed by atoms with van der Waals surface area (Å²) in [6.07, 6.45) is 4.12. The van der Waals surface area contributed by atoms with Gasteiger partial charge in [0.2, 0.25) is 0 Å². The Labute approximate surface area is 206 Å². The number of anilines is 1. The monoisotopic (exact) mass is 470 g/mol. The summed E-state index contributed by atoms with van der Waals surface area (Å²) in [7, 11) is 1.66. The van der Waals surface area contributed by atoms with Crippen LogP contribution in [0, 0.1) is 0 Å². The molecule has 0 spiro atoms. The number of thiocarbonyl (C=S) groups is 1. The number of methoxy groups -OCH3 is 1. The van der Waals surface area contributed by atoms with Gasteiger partial charge >= 0.3 is 0 Å². The van der Waals surface area contributed by atoms with E-state index in [9.17, 15) is 0 Å². The van der Waals surface area contributed by atoms with E-state index in [-0.39, 0.29) is 10.8 Å². The van der Waals surface area contributed by atoms with Gasteiger partial charge in [0.15, 0.2) is 5.11 Å². The number of hydrogen-bond acceptors (Lipinski definition) is 3. The Morgan fingerprint density at radius 3 is 2.33 bits per heavy atom. The van der Waals surface area contributed by atoms with Crippen LogP contribution in [0.5, 0.6) is 11.5 Å². The third-order valence-corrected chi connectivity index (χ3v) is 6.95. The summed E-state index contributed by atoms with van der Waals surface area (Å²) in [5, 5.41) is 7.08. The van der Waals surface area contributed by atoms with Gasteiger partial charge in [0.25, 0.3) is 0 Å². The molecule has 0 aliphatic carbocycles. The van der Waals surface area contributed by atoms with Crippen LogP contribution in [0.2, 0.25) is 0 Å². The number of ether oxygens (including phenoxy) is 2. The molecule has 0 saturated heterocycles. The fourth-order valence-electron chi connectivity index (χ4n) is 3.49. The van der Waals surface area contributed by atoms with Gasteiger partial charge in [-0.25, -0.2) is 0 Å². The molecule has 5 heteroatoms. The second-order valence-corrected chi connectivity index (χ2v) is 10.3. The highest BCUT2D eigenvalue weighted by atomic mass is 32.1. The van der Waals surface area contributed by atoms with Crippen molar-refractivity contribution in [3.8, 4) is 11.5 Å². The molecule has 0 aliphatic rings. The van der Waals surface area contributed by atoms with Gasteiger partial charge < -0.3 is 20.1 Å². The van der Waals surface area contributed by atoms with Crippen LogP contribution in [0.25, 0.3) is 0 Å². The lowest BCUT2D eigenvalue weighted by atomic mass is 9.76. The molecule has 2 aromatic carbocycles. The van der Waals surface area contributed by atoms with Crippen LogP contribution in [0.15, 0.2) is 42.5 Å². The van der Waals surface area contributed by atoms with E-state index < -0.39 is 0 Å². The van der Waals surface area contributed by atoms with Gasteiger partial charge in [0.1, 0.15) is 11.5 Å². The number of benzene rings is 2. The second kappa shape index (κ2) is 12.3. The Morgan fingerprint density at radius 2 is 1.67 bits per heavy atom. The highest BCUT2D eigenvalue weighted by molar-refractivity contribution is 7.80. The van der Waals surface area contributed by atoms with E-state index in [2.05, 4.69) is 70.4 Å². The predicted molar refractivity (Wildman–Crippen MR) is 145 cm³/mol. The zero-order valence-corrected chi connectivity index (χ0v) is 22.3. The van der Waals surface area contributed by atoms with E-state index in [0.717, 1.165) is 49.4 Å². The number of hydrogen-bond donors (Lipinski definition) is 2. The Kier molecular flexibility index (Phi) is 10.0. The lowest BCUT2D eigenvalue weighted by Gasteiger charge is -2.30. The highest BCUT2D eigenvalue weighted by Crippen LogP contribution is 2.38. The van der Waals surface area contributed by atoms with Crippen LogP contribution >= 0.6 is 12.2 Å². The quantitative estimate of drug-likeness (QED) is 0.253. The minimum Gasteiger partial charge on any atom is -0.497 e. The maximum Gasteiger partial charge on any atom is 0.170 e. The van der Waals surface area contributed by atoms with Gasteiger partial charge in [0, 0.05) is 23.9 Å². The molecule has 0 radical (unpaired) electrons. The van der Waals surface area contributed by atoms with Gasteiger partial charge in [-0.05, 0) is 72.5 Å². The topological polar surface area (TPSA) is 42.5 Å². The Balaban J connectivity index is 1.85. The molecule has 0 fully saturated rings. The van der Waals surface area contributed by atoms with E-state index in [1.807, 2.05) is 24.3 Å². The predicted octanol–water partition coefficient (Wildman–Crippen LogP) is 7.22. The smallest absolute Gasteiger partial charge is 0.170 e. The minimum atomic E-state index is 0.0781. The van der Waals surface area contributed by atoms with Crippen molar-refractivity contribution in [2.75, 3.05) is 25.6 Å². The van der Waals surface area contributed by atoms with Gasteiger partial charge in [-0.2, -0.15) is 0 Å². The van der Waals surface area contributed by atoms with Crippen molar-refractivity contribution < 1.29 is 9.47 Å². The summed E-state index contributed by atoms with van der Waals surface area (Å²) in [5.74, 6) is 1.82. The van der Waals surface area contributed by atoms with E-state index in [0.29, 0.717) is 11.7 Å². The zero-order chi connectivity index (χ0) is 24.5. The van der Waals surface area contributed by atoms with E-state index in [1.54, 1.807) is 7.11 Å². The van der Waals surface area contributed by atoms with Crippen molar-refractivity contribution in [3.05, 3.63) is 53.6 Å². The molecule has 182 valence electrons. The average Bonchev–Trinajstić information content (AvgIpc) is 2.81. The van der Waals surface area contributed by atoms with Crippen molar-refractivity contribution in [1.29, 1.82) is 0 Å². The van der Waals surface area contributed by atoms with Crippen molar-refractivity contribution in [2.45, 2.75) is 78.1 Å². The first-order valence-corrected chi connectivity index (χ1v) is 12.5. The molecule has 0 aliphatic heterocycles. The Bertz CT molecular complexity index is 909. The molecule has 2 N–H and O–H groups in total. The van der Waals surface area contributed by atoms with Gasteiger partial charge in [-0.1, -0.05) is 59.7 Å². The first kappa shape index (κ1) is 27.0. The van der Waals surface area contributed by atoms with Crippen molar-refractivity contribution in [2.24, 2.45) is 0 Å². The third-order valence-electron chi connectivity index (χ3n) is 6.70. The maximum atomic E-state index is 6.26. The first-order chi connectivity index (χ1) is 15.6. The van der Waals surface area contributed by atoms with E-state index in [1.165, 1.54) is 11.1 Å². The minimum absolute atomic E-state index is 0.0781. The summed E-state index contributed by atoms with van der Waals surface area (Å²) in [6.45, 7) is 15.2. The molecule has 2 rings (SSSR count). The summed E-state index contributed by atoms with van der Waals surface area (Å²) < 4.78 is 11.5. The molecule has 0 atom stereocenters. The van der Waals surface area contributed by atoms with Gasteiger partial charge in [-0.3, -0.25) is 0 Å². The standard InChI is InChI=1S/C28H42N2O2S/c1-8-27(3,4)21-15-16-25(24(19-21)28(5,6)9-2)32-18-11-10-17-29-26(33)30-22-13-12-14-23(20-22)31-7/h12-16,19-20H,8-11,17-18H2,1-7H3,(H2,29,30,33). The highest BCUT2D eigenvalue weighted by Gasteiger charge is 2.26. The molecule has 0 heterocycles. The van der Waals surface area contributed by atoms with Crippen molar-refractivity contribution >= 4 is 23.0 Å². The fraction of sp³-hybridized carbons (Fsp3) is 0.536. The molecule has 4 nitrogen and oxygen atoms in total. The normalized spacial score (nSPS) is 11.7. The van der Waals surface area contributed by atoms with Crippen molar-refractivity contribution in [3.63, 3.8) is 0 Å². The van der Waals surface area contributed by atoms with E-state index in [4.69, 9.17) is 21.7 Å². The lowest BCUT2D eigenvalue weighted by molar-refractivity contribution is 0.296. The van der Waals surface area contributed by atoms with Crippen LogP contribution in [-0.2, 0) is 10.8 Å². The first-order valence-electron chi connectivity index (χ1n) is 12.1. The summed E-state index contributed by atoms with van der Waals surface area (Å²) in [6, 6.07) is 14.5. The molecule has 0 bridgehead atoms. The molecule has 0 amide bonds. The second-order valence-electron chi connectivity index (χ2n) is 9.85. The van der Waals surface area contributed by atoms with E-state index >= 15 is 0 Å². The fourth-order valence-corrected chi connectivity index (χ4v) is 3.71. The largest absolute Gasteiger partial charge is 0.497 e. The summed E-state index contributed by atoms with van der Waals surface area (Å²) >= 11 is 5.40. The molecule has 0 saturated carbocycles. The Hall–Kier alpha value is -2.27. The van der Waals surface area contributed by atoms with Crippen LogP contribution in [-0.4, -0.2) is 25.4 Å². The number of nitrogens with one attached hydrogen (secondary N) is 2. The maximum absolute atomic E-state index is 6.26. The molecular weight excluding hydrogens is 428 g/mol. The summed E-state index contributed by atoms with van der Waals surface area (Å²) in [5.41, 5.74) is 3.85. The number of rotatable bonds is 12. The third kappa shape index (κ3) is 7.92. The molecule has 2 aromatic rings. The van der Waals surface area contributed by atoms with Crippen LogP contribution < -0.4 is 20.1 Å². The summed E-state index contributed by atoms with van der Waals surface area (Å²) in [4.78, 5) is 0.